The SMILES string of the molecule is CN(C)C1CCN(c2ccc3c(c2)OCCc2c-3[nH]c(=O)c(OC(=O)O)c2O)C1. The number of benzene rings is 1. The summed E-state index contributed by atoms with van der Waals surface area (Å²) in [6.07, 6.45) is -0.284. The number of carbonyl (C=O) groups is 1. The van der Waals surface area contributed by atoms with Crippen LogP contribution in [0.25, 0.3) is 11.3 Å². The Balaban J connectivity index is 1.73. The first-order valence-corrected chi connectivity index (χ1v) is 9.42. The van der Waals surface area contributed by atoms with Crippen LogP contribution in [0.1, 0.15) is 12.0 Å². The molecule has 154 valence electrons. The van der Waals surface area contributed by atoms with Gasteiger partial charge in [0.2, 0.25) is 5.75 Å². The van der Waals surface area contributed by atoms with E-state index < -0.39 is 23.2 Å². The summed E-state index contributed by atoms with van der Waals surface area (Å²) in [5.74, 6) is -0.486. The van der Waals surface area contributed by atoms with Crippen molar-refractivity contribution in [2.24, 2.45) is 0 Å². The van der Waals surface area contributed by atoms with Crippen molar-refractivity contribution in [2.75, 3.05) is 38.7 Å². The Hall–Kier alpha value is -3.20. The minimum Gasteiger partial charge on any atom is -0.504 e. The molecule has 0 aliphatic carbocycles. The number of fused-ring (bicyclic) bond motifs is 3. The number of anilines is 1. The molecule has 0 radical (unpaired) electrons. The lowest BCUT2D eigenvalue weighted by Gasteiger charge is -2.22. The Morgan fingerprint density at radius 2 is 2.17 bits per heavy atom. The summed E-state index contributed by atoms with van der Waals surface area (Å²) in [7, 11) is 4.16. The second kappa shape index (κ2) is 7.32. The Bertz CT molecular complexity index is 1020. The van der Waals surface area contributed by atoms with Crippen molar-refractivity contribution in [1.82, 2.24) is 9.88 Å². The molecule has 0 amide bonds. The van der Waals surface area contributed by atoms with Crippen LogP contribution in [-0.4, -0.2) is 66.1 Å². The number of carboxylic acid groups (broad SMARTS) is 1. The highest BCUT2D eigenvalue weighted by molar-refractivity contribution is 5.77. The van der Waals surface area contributed by atoms with E-state index >= 15 is 0 Å². The van der Waals surface area contributed by atoms with Crippen LogP contribution in [0, 0.1) is 0 Å². The number of nitrogens with zero attached hydrogens (tertiary/aromatic N) is 2. The molecule has 2 aliphatic heterocycles. The Kier molecular flexibility index (Phi) is 4.83. The molecule has 1 aromatic heterocycles. The van der Waals surface area contributed by atoms with Crippen molar-refractivity contribution in [1.29, 1.82) is 0 Å². The van der Waals surface area contributed by atoms with E-state index in [2.05, 4.69) is 33.6 Å². The number of aromatic nitrogens is 1. The molecule has 1 fully saturated rings. The number of ether oxygens (including phenoxy) is 2. The quantitative estimate of drug-likeness (QED) is 0.668. The van der Waals surface area contributed by atoms with Crippen LogP contribution >= 0.6 is 0 Å². The summed E-state index contributed by atoms with van der Waals surface area (Å²) >= 11 is 0. The number of rotatable bonds is 3. The van der Waals surface area contributed by atoms with E-state index in [4.69, 9.17) is 9.84 Å². The average Bonchev–Trinajstić information content (AvgIpc) is 3.10. The number of H-pyrrole nitrogens is 1. The monoisotopic (exact) mass is 401 g/mol. The molecule has 0 bridgehead atoms. The Morgan fingerprint density at radius 3 is 2.86 bits per heavy atom. The highest BCUT2D eigenvalue weighted by Gasteiger charge is 2.28. The lowest BCUT2D eigenvalue weighted by molar-refractivity contribution is 0.142. The third-order valence-corrected chi connectivity index (χ3v) is 5.54. The molecule has 1 unspecified atom stereocenters. The molecule has 1 saturated heterocycles. The van der Waals surface area contributed by atoms with Crippen molar-refractivity contribution >= 4 is 11.8 Å². The minimum atomic E-state index is -1.66. The summed E-state index contributed by atoms with van der Waals surface area (Å²) in [5, 5.41) is 19.2. The summed E-state index contributed by atoms with van der Waals surface area (Å²) in [5.41, 5.74) is 1.67. The zero-order valence-corrected chi connectivity index (χ0v) is 16.3. The van der Waals surface area contributed by atoms with Crippen LogP contribution in [-0.2, 0) is 6.42 Å². The molecule has 0 spiro atoms. The summed E-state index contributed by atoms with van der Waals surface area (Å²) in [6, 6.07) is 6.26. The minimum absolute atomic E-state index is 0.274. The predicted molar refractivity (Wildman–Crippen MR) is 106 cm³/mol. The van der Waals surface area contributed by atoms with Gasteiger partial charge in [0.05, 0.1) is 12.3 Å². The van der Waals surface area contributed by atoms with Crippen molar-refractivity contribution < 1.29 is 24.5 Å². The molecule has 9 nitrogen and oxygen atoms in total. The second-order valence-corrected chi connectivity index (χ2v) is 7.48. The molecular formula is C20H23N3O6. The maximum absolute atomic E-state index is 12.3. The van der Waals surface area contributed by atoms with E-state index in [1.54, 1.807) is 0 Å². The Morgan fingerprint density at radius 1 is 1.38 bits per heavy atom. The van der Waals surface area contributed by atoms with Crippen LogP contribution in [0.2, 0.25) is 0 Å². The van der Waals surface area contributed by atoms with E-state index in [9.17, 15) is 14.7 Å². The molecule has 0 saturated carbocycles. The van der Waals surface area contributed by atoms with Crippen LogP contribution in [0.4, 0.5) is 10.5 Å². The van der Waals surface area contributed by atoms with Crippen molar-refractivity contribution in [3.8, 4) is 28.5 Å². The van der Waals surface area contributed by atoms with E-state index in [0.29, 0.717) is 35.0 Å². The lowest BCUT2D eigenvalue weighted by atomic mass is 10.0. The first-order chi connectivity index (χ1) is 13.8. The molecule has 4 rings (SSSR count). The van der Waals surface area contributed by atoms with Gasteiger partial charge in [0.15, 0.2) is 5.75 Å². The van der Waals surface area contributed by atoms with Gasteiger partial charge in [0, 0.05) is 48.4 Å². The zero-order chi connectivity index (χ0) is 20.7. The molecule has 3 heterocycles. The fourth-order valence-corrected chi connectivity index (χ4v) is 3.96. The zero-order valence-electron chi connectivity index (χ0n) is 16.3. The number of aromatic hydroxyl groups is 1. The van der Waals surface area contributed by atoms with E-state index in [1.807, 2.05) is 18.2 Å². The number of hydrogen-bond acceptors (Lipinski definition) is 7. The topological polar surface area (TPSA) is 115 Å². The van der Waals surface area contributed by atoms with Gasteiger partial charge in [-0.1, -0.05) is 0 Å². The van der Waals surface area contributed by atoms with Crippen LogP contribution < -0.4 is 19.9 Å². The van der Waals surface area contributed by atoms with Crippen LogP contribution in [0.15, 0.2) is 23.0 Å². The largest absolute Gasteiger partial charge is 0.511 e. The van der Waals surface area contributed by atoms with E-state index in [0.717, 1.165) is 25.2 Å². The number of likely N-dealkylation sites (N-methyl/N-ethyl adjacent to an activating group) is 1. The van der Waals surface area contributed by atoms with E-state index in [1.165, 1.54) is 0 Å². The van der Waals surface area contributed by atoms with Crippen molar-refractivity contribution in [3.05, 3.63) is 34.1 Å². The standard InChI is InChI=1S/C20H23N3O6/c1-22(2)12-5-7-23(10-12)11-3-4-13-15(9-11)28-8-6-14-16(13)21-19(25)18(17(14)24)29-20(26)27/h3-4,9,12H,5-8,10H2,1-2H3,(H,26,27)(H2,21,24,25). The molecule has 3 N–H and O–H groups in total. The lowest BCUT2D eigenvalue weighted by Crippen LogP contribution is -2.31. The number of nitrogens with one attached hydrogen (secondary N) is 1. The molecule has 2 aliphatic rings. The Labute approximate surface area is 167 Å². The predicted octanol–water partition coefficient (Wildman–Crippen LogP) is 1.88. The molecule has 1 aromatic carbocycles. The van der Waals surface area contributed by atoms with Gasteiger partial charge in [-0.05, 0) is 32.6 Å². The van der Waals surface area contributed by atoms with Crippen molar-refractivity contribution in [2.45, 2.75) is 18.9 Å². The molecular weight excluding hydrogens is 378 g/mol. The molecule has 1 atom stereocenters. The number of pyridine rings is 1. The van der Waals surface area contributed by atoms with Crippen molar-refractivity contribution in [3.63, 3.8) is 0 Å². The highest BCUT2D eigenvalue weighted by Crippen LogP contribution is 2.41. The van der Waals surface area contributed by atoms with Gasteiger partial charge in [0.25, 0.3) is 5.56 Å². The van der Waals surface area contributed by atoms with Gasteiger partial charge in [-0.25, -0.2) is 4.79 Å². The summed E-state index contributed by atoms with van der Waals surface area (Å²) < 4.78 is 10.4. The maximum atomic E-state index is 12.3. The van der Waals surface area contributed by atoms with Gasteiger partial charge in [-0.15, -0.1) is 0 Å². The van der Waals surface area contributed by atoms with Gasteiger partial charge < -0.3 is 34.5 Å². The van der Waals surface area contributed by atoms with Gasteiger partial charge in [0.1, 0.15) is 5.75 Å². The molecule has 29 heavy (non-hydrogen) atoms. The third kappa shape index (κ3) is 3.49. The van der Waals surface area contributed by atoms with E-state index in [-0.39, 0.29) is 6.61 Å². The highest BCUT2D eigenvalue weighted by atomic mass is 16.7. The normalized spacial score (nSPS) is 18.0. The van der Waals surface area contributed by atoms with Gasteiger partial charge in [-0.2, -0.15) is 0 Å². The molecule has 2 aromatic rings. The fourth-order valence-electron chi connectivity index (χ4n) is 3.96. The van der Waals surface area contributed by atoms with Gasteiger partial charge in [-0.3, -0.25) is 4.79 Å². The third-order valence-electron chi connectivity index (χ3n) is 5.54. The molecule has 9 heteroatoms. The number of aromatic amines is 1. The maximum Gasteiger partial charge on any atom is 0.511 e. The fraction of sp³-hybridized carbons (Fsp3) is 0.400. The van der Waals surface area contributed by atoms with Crippen LogP contribution in [0.3, 0.4) is 0 Å². The number of hydrogen-bond donors (Lipinski definition) is 3. The van der Waals surface area contributed by atoms with Gasteiger partial charge >= 0.3 is 6.16 Å². The average molecular weight is 401 g/mol. The van der Waals surface area contributed by atoms with Crippen LogP contribution in [0.5, 0.6) is 17.2 Å². The first-order valence-electron chi connectivity index (χ1n) is 9.42. The first kappa shape index (κ1) is 19.1. The summed E-state index contributed by atoms with van der Waals surface area (Å²) in [4.78, 5) is 30.3. The summed E-state index contributed by atoms with van der Waals surface area (Å²) in [6.45, 7) is 2.15. The smallest absolute Gasteiger partial charge is 0.504 e. The second-order valence-electron chi connectivity index (χ2n) is 7.48.